The number of pyridine rings is 1. The minimum Gasteiger partial charge on any atom is -0.442 e. The topological polar surface area (TPSA) is 148 Å². The number of carbonyl (C=O) groups excluding carboxylic acids is 1. The van der Waals surface area contributed by atoms with E-state index in [4.69, 9.17) is 4.74 Å². The fourth-order valence-corrected chi connectivity index (χ4v) is 9.39. The smallest absolute Gasteiger partial charge is 0.410 e. The van der Waals surface area contributed by atoms with Gasteiger partial charge in [-0.15, -0.1) is 0 Å². The van der Waals surface area contributed by atoms with E-state index in [0.717, 1.165) is 88.8 Å². The van der Waals surface area contributed by atoms with E-state index in [1.54, 1.807) is 15.8 Å². The number of carbonyl (C=O) groups is 1. The van der Waals surface area contributed by atoms with Crippen LogP contribution in [0.2, 0.25) is 0 Å². The molecule has 7 aromatic heterocycles. The Labute approximate surface area is 401 Å². The number of amides is 1. The van der Waals surface area contributed by atoms with E-state index in [2.05, 4.69) is 92.6 Å². The van der Waals surface area contributed by atoms with Crippen molar-refractivity contribution >= 4 is 34.4 Å². The van der Waals surface area contributed by atoms with Gasteiger partial charge in [-0.2, -0.15) is 20.4 Å². The molecule has 0 aliphatic carbocycles. The Kier molecular flexibility index (Phi) is 12.5. The van der Waals surface area contributed by atoms with Crippen LogP contribution in [0.15, 0.2) is 141 Å². The van der Waals surface area contributed by atoms with E-state index in [9.17, 15) is 4.79 Å². The maximum absolute atomic E-state index is 12.6. The van der Waals surface area contributed by atoms with Crippen LogP contribution in [0.4, 0.5) is 22.1 Å². The van der Waals surface area contributed by atoms with Gasteiger partial charge in [-0.3, -0.25) is 14.3 Å². The van der Waals surface area contributed by atoms with Crippen LogP contribution in [0.5, 0.6) is 0 Å². The Morgan fingerprint density at radius 3 is 1.84 bits per heavy atom. The quantitative estimate of drug-likeness (QED) is 0.140. The second-order valence-corrected chi connectivity index (χ2v) is 17.9. The number of hydrogen-bond donors (Lipinski definition) is 0. The van der Waals surface area contributed by atoms with Gasteiger partial charge in [0.2, 0.25) is 5.95 Å². The molecule has 2 aromatic carbocycles. The monoisotopic (exact) mass is 923 g/mol. The highest BCUT2D eigenvalue weighted by Crippen LogP contribution is 2.44. The first-order valence-electron chi connectivity index (χ1n) is 23.6. The fraction of sp³-hybridized carbons (Fsp3) is 0.308. The van der Waals surface area contributed by atoms with Crippen LogP contribution < -0.4 is 14.7 Å². The summed E-state index contributed by atoms with van der Waals surface area (Å²) in [5.74, 6) is 0.838. The summed E-state index contributed by atoms with van der Waals surface area (Å²) in [7, 11) is 3.81. The molecule has 3 saturated heterocycles. The predicted molar refractivity (Wildman–Crippen MR) is 267 cm³/mol. The lowest BCUT2D eigenvalue weighted by Gasteiger charge is -2.60. The Balaban J connectivity index is 0.000000156. The minimum absolute atomic E-state index is 0.274. The molecule has 10 heterocycles. The molecule has 69 heavy (non-hydrogen) atoms. The van der Waals surface area contributed by atoms with Crippen molar-refractivity contribution in [3.8, 4) is 22.4 Å². The fourth-order valence-electron chi connectivity index (χ4n) is 9.39. The molecule has 9 aromatic rings. The zero-order valence-corrected chi connectivity index (χ0v) is 39.7. The first-order chi connectivity index (χ1) is 33.7. The van der Waals surface area contributed by atoms with Crippen molar-refractivity contribution < 1.29 is 9.53 Å². The number of piperazine rings is 1. The first-order valence-corrected chi connectivity index (χ1v) is 23.6. The number of benzene rings is 2. The highest BCUT2D eigenvalue weighted by Gasteiger charge is 2.53. The number of nitrogens with zero attached hydrogens (tertiary/aromatic N) is 15. The molecule has 1 atom stereocenters. The van der Waals surface area contributed by atoms with Gasteiger partial charge in [0.1, 0.15) is 11.6 Å². The molecule has 3 fully saturated rings. The summed E-state index contributed by atoms with van der Waals surface area (Å²) in [6, 6.07) is 24.5. The van der Waals surface area contributed by atoms with Crippen molar-refractivity contribution in [2.75, 3.05) is 67.1 Å². The maximum atomic E-state index is 12.6. The van der Waals surface area contributed by atoms with Crippen molar-refractivity contribution in [2.24, 2.45) is 19.5 Å². The van der Waals surface area contributed by atoms with Gasteiger partial charge in [0.15, 0.2) is 0 Å². The molecule has 17 nitrogen and oxygen atoms in total. The molecule has 3 aliphatic heterocycles. The van der Waals surface area contributed by atoms with Crippen LogP contribution in [-0.2, 0) is 25.3 Å². The summed E-state index contributed by atoms with van der Waals surface area (Å²) < 4.78 is 13.0. The van der Waals surface area contributed by atoms with Gasteiger partial charge < -0.3 is 24.3 Å². The van der Waals surface area contributed by atoms with Gasteiger partial charge in [-0.25, -0.2) is 23.8 Å². The molecule has 0 radical (unpaired) electrons. The van der Waals surface area contributed by atoms with Gasteiger partial charge in [0.25, 0.3) is 0 Å². The molecule has 0 unspecified atom stereocenters. The zero-order valence-electron chi connectivity index (χ0n) is 39.7. The molecule has 0 saturated carbocycles. The van der Waals surface area contributed by atoms with Crippen LogP contribution in [0, 0.1) is 5.41 Å². The Morgan fingerprint density at radius 2 is 1.19 bits per heavy atom. The molecule has 17 heteroatoms. The molecule has 0 bridgehead atoms. The van der Waals surface area contributed by atoms with Crippen molar-refractivity contribution in [2.45, 2.75) is 33.3 Å². The second-order valence-electron chi connectivity index (χ2n) is 17.9. The summed E-state index contributed by atoms with van der Waals surface area (Å²) >= 11 is 0. The molecule has 3 aliphatic rings. The van der Waals surface area contributed by atoms with Crippen LogP contribution >= 0.6 is 0 Å². The van der Waals surface area contributed by atoms with E-state index >= 15 is 0 Å². The number of hydrogen-bond acceptors (Lipinski definition) is 12. The molecule has 0 N–H and O–H groups in total. The number of aromatic nitrogens is 11. The number of anilines is 3. The van der Waals surface area contributed by atoms with Crippen molar-refractivity contribution in [1.82, 2.24) is 58.6 Å². The molecule has 1 spiro atoms. The minimum atomic E-state index is -0.276. The average Bonchev–Trinajstić information content (AvgIpc) is 4.20. The summed E-state index contributed by atoms with van der Waals surface area (Å²) in [6.45, 7) is 12.6. The van der Waals surface area contributed by atoms with Crippen molar-refractivity contribution in [1.29, 1.82) is 0 Å². The zero-order chi connectivity index (χ0) is 47.5. The normalized spacial score (nSPS) is 15.5. The van der Waals surface area contributed by atoms with Gasteiger partial charge in [0.05, 0.1) is 59.8 Å². The maximum Gasteiger partial charge on any atom is 0.410 e. The van der Waals surface area contributed by atoms with Crippen LogP contribution in [0.1, 0.15) is 43.6 Å². The Morgan fingerprint density at radius 1 is 0.580 bits per heavy atom. The highest BCUT2D eigenvalue weighted by molar-refractivity contribution is 5.77. The van der Waals surface area contributed by atoms with Gasteiger partial charge in [-0.05, 0) is 29.7 Å². The summed E-state index contributed by atoms with van der Waals surface area (Å²) in [5, 5.41) is 17.6. The standard InChI is InChI=1S/C27H26N8.C23H25N7O2.C2H6/c1-32-14-23(12-30-32)22-7-8-24-25(13-31-35(24)15-22)33-16-27(17-33)18-34(19-27)26-28-10-21(11-29-26)9-20-5-3-2-4-6-20;1-17(18-6-4-3-5-7-18)32-23(31)29-10-8-28(9-11-29)21-14-26-30-16-20(24-13-22(21)30)19-12-25-27(2)15-19;1-2/h2-8,10-15H,9,16-19H2,1H3;3-7,12-17H,8-11H2,1-2H3;1-2H3/t;17-;/m.1./s1. The first kappa shape index (κ1) is 44.7. The Hall–Kier alpha value is -8.08. The summed E-state index contributed by atoms with van der Waals surface area (Å²) in [5.41, 5.74) is 12.0. The van der Waals surface area contributed by atoms with E-state index in [1.807, 2.05) is 141 Å². The third-order valence-electron chi connectivity index (χ3n) is 13.0. The predicted octanol–water partition coefficient (Wildman–Crippen LogP) is 7.62. The lowest BCUT2D eigenvalue weighted by atomic mass is 9.73. The molecular weight excluding hydrogens is 867 g/mol. The molecule has 12 rings (SSSR count). The SMILES string of the molecule is CC.C[C@@H](OC(=O)N1CCN(c2cnn3cc(-c4cnn(C)c4)ncc23)CC1)c1ccccc1.Cn1cc(-c2ccc3c(N4CC5(CN(c6ncc(Cc7ccccc7)cn6)C5)C4)cnn3c2)cn1. The third-order valence-corrected chi connectivity index (χ3v) is 13.0. The lowest BCUT2D eigenvalue weighted by molar-refractivity contribution is 0.0681. The Bertz CT molecular complexity index is 3140. The van der Waals surface area contributed by atoms with Crippen molar-refractivity contribution in [3.05, 3.63) is 158 Å². The van der Waals surface area contributed by atoms with E-state index in [1.165, 1.54) is 11.3 Å². The number of rotatable bonds is 9. The lowest BCUT2D eigenvalue weighted by Crippen LogP contribution is -2.72. The third kappa shape index (κ3) is 9.44. The number of fused-ring (bicyclic) bond motifs is 2. The average molecular weight is 924 g/mol. The number of ether oxygens (including phenoxy) is 1. The number of aryl methyl sites for hydroxylation is 2. The van der Waals surface area contributed by atoms with E-state index in [0.29, 0.717) is 31.6 Å². The highest BCUT2D eigenvalue weighted by atomic mass is 16.6. The van der Waals surface area contributed by atoms with Crippen molar-refractivity contribution in [3.63, 3.8) is 0 Å². The van der Waals surface area contributed by atoms with Crippen LogP contribution in [0.25, 0.3) is 33.4 Å². The summed E-state index contributed by atoms with van der Waals surface area (Å²) in [4.78, 5) is 35.2. The van der Waals surface area contributed by atoms with E-state index in [-0.39, 0.29) is 12.2 Å². The van der Waals surface area contributed by atoms with Crippen LogP contribution in [-0.4, -0.2) is 117 Å². The molecule has 352 valence electrons. The van der Waals surface area contributed by atoms with Crippen LogP contribution in [0.3, 0.4) is 0 Å². The largest absolute Gasteiger partial charge is 0.442 e. The molecule has 1 amide bonds. The van der Waals surface area contributed by atoms with Gasteiger partial charge in [0, 0.05) is 126 Å². The van der Waals surface area contributed by atoms with E-state index < -0.39 is 0 Å². The molecular formula is C52H57N15O2. The second kappa shape index (κ2) is 19.3. The summed E-state index contributed by atoms with van der Waals surface area (Å²) in [6.07, 6.45) is 21.5. The van der Waals surface area contributed by atoms with Gasteiger partial charge in [-0.1, -0.05) is 80.6 Å². The van der Waals surface area contributed by atoms with Gasteiger partial charge >= 0.3 is 6.09 Å².